The van der Waals surface area contributed by atoms with Gasteiger partial charge in [-0.2, -0.15) is 0 Å². The minimum absolute atomic E-state index is 0.0700. The normalized spacial score (nSPS) is 18.4. The number of carbonyl (C=O) groups is 1. The fourth-order valence-electron chi connectivity index (χ4n) is 1.87. The number of aromatic nitrogens is 2. The molecule has 6 heteroatoms. The summed E-state index contributed by atoms with van der Waals surface area (Å²) in [7, 11) is 0. The number of ketones is 1. The molecule has 2 heterocycles. The van der Waals surface area contributed by atoms with E-state index in [0.29, 0.717) is 12.4 Å². The van der Waals surface area contributed by atoms with Crippen LogP contribution < -0.4 is 16.6 Å². The van der Waals surface area contributed by atoms with E-state index in [4.69, 9.17) is 0 Å². The summed E-state index contributed by atoms with van der Waals surface area (Å²) in [5.74, 6) is 0.0919. The third kappa shape index (κ3) is 1.37. The minimum atomic E-state index is -0.603. The van der Waals surface area contributed by atoms with Crippen LogP contribution in [0.4, 0.5) is 5.82 Å². The van der Waals surface area contributed by atoms with Crippen LogP contribution in [0.25, 0.3) is 0 Å². The van der Waals surface area contributed by atoms with E-state index < -0.39 is 17.3 Å². The Bertz CT molecular complexity index is 555. The van der Waals surface area contributed by atoms with Gasteiger partial charge in [-0.3, -0.25) is 19.1 Å². The Labute approximate surface area is 91.3 Å². The van der Waals surface area contributed by atoms with Crippen molar-refractivity contribution < 1.29 is 4.79 Å². The van der Waals surface area contributed by atoms with Crippen LogP contribution >= 0.6 is 0 Å². The highest BCUT2D eigenvalue weighted by Crippen LogP contribution is 2.20. The molecule has 0 amide bonds. The summed E-state index contributed by atoms with van der Waals surface area (Å²) in [6, 6.07) is -0.444. The van der Waals surface area contributed by atoms with E-state index in [1.54, 1.807) is 6.92 Å². The molecule has 2 rings (SSSR count). The first-order chi connectivity index (χ1) is 7.56. The fourth-order valence-corrected chi connectivity index (χ4v) is 1.87. The van der Waals surface area contributed by atoms with E-state index in [-0.39, 0.29) is 11.3 Å². The second-order valence-corrected chi connectivity index (χ2v) is 3.86. The predicted molar refractivity (Wildman–Crippen MR) is 59.0 cm³/mol. The van der Waals surface area contributed by atoms with E-state index >= 15 is 0 Å². The molecule has 1 atom stereocenters. The van der Waals surface area contributed by atoms with Gasteiger partial charge < -0.3 is 5.32 Å². The quantitative estimate of drug-likeness (QED) is 0.735. The van der Waals surface area contributed by atoms with Gasteiger partial charge in [0.25, 0.3) is 5.56 Å². The van der Waals surface area contributed by atoms with Crippen molar-refractivity contribution in [2.75, 3.05) is 5.32 Å². The van der Waals surface area contributed by atoms with Gasteiger partial charge in [-0.1, -0.05) is 6.92 Å². The number of fused-ring (bicyclic) bond motifs is 1. The number of carbonyl (C=O) groups excluding carboxylic acids is 1. The molecule has 0 unspecified atom stereocenters. The number of anilines is 1. The van der Waals surface area contributed by atoms with Gasteiger partial charge in [0.15, 0.2) is 5.78 Å². The maximum absolute atomic E-state index is 11.7. The molecular weight excluding hydrogens is 210 g/mol. The van der Waals surface area contributed by atoms with E-state index in [2.05, 4.69) is 10.3 Å². The van der Waals surface area contributed by atoms with Crippen LogP contribution in [-0.4, -0.2) is 21.4 Å². The summed E-state index contributed by atoms with van der Waals surface area (Å²) in [5, 5.41) is 2.88. The van der Waals surface area contributed by atoms with Gasteiger partial charge in [-0.25, -0.2) is 4.79 Å². The lowest BCUT2D eigenvalue weighted by atomic mass is 10.2. The average Bonchev–Trinajstić information content (AvgIpc) is 2.50. The Hall–Kier alpha value is -1.85. The van der Waals surface area contributed by atoms with Crippen molar-refractivity contribution >= 4 is 11.6 Å². The number of rotatable bonds is 2. The molecule has 0 saturated heterocycles. The van der Waals surface area contributed by atoms with Crippen molar-refractivity contribution in [1.82, 2.24) is 9.55 Å². The molecule has 0 fully saturated rings. The van der Waals surface area contributed by atoms with Crippen molar-refractivity contribution in [3.8, 4) is 0 Å². The van der Waals surface area contributed by atoms with E-state index in [1.807, 2.05) is 6.92 Å². The Morgan fingerprint density at radius 2 is 2.00 bits per heavy atom. The van der Waals surface area contributed by atoms with Crippen LogP contribution in [0, 0.1) is 0 Å². The lowest BCUT2D eigenvalue weighted by Crippen LogP contribution is -2.33. The third-order valence-corrected chi connectivity index (χ3v) is 2.64. The number of Topliss-reactive ketones (excluding diaryl/α,β-unsaturated/α-hetero) is 1. The van der Waals surface area contributed by atoms with Crippen LogP contribution in [0.3, 0.4) is 0 Å². The first-order valence-corrected chi connectivity index (χ1v) is 5.24. The molecule has 1 aliphatic heterocycles. The zero-order valence-corrected chi connectivity index (χ0v) is 9.16. The van der Waals surface area contributed by atoms with Gasteiger partial charge in [-0.15, -0.1) is 0 Å². The second kappa shape index (κ2) is 3.62. The molecule has 0 aromatic carbocycles. The summed E-state index contributed by atoms with van der Waals surface area (Å²) in [4.78, 5) is 36.9. The maximum Gasteiger partial charge on any atom is 0.329 e. The van der Waals surface area contributed by atoms with Crippen LogP contribution in [0.1, 0.15) is 30.6 Å². The van der Waals surface area contributed by atoms with Gasteiger partial charge >= 0.3 is 5.69 Å². The number of nitrogens with zero attached hydrogens (tertiary/aromatic N) is 1. The van der Waals surface area contributed by atoms with Crippen molar-refractivity contribution in [2.24, 2.45) is 0 Å². The van der Waals surface area contributed by atoms with Crippen molar-refractivity contribution in [3.63, 3.8) is 0 Å². The topological polar surface area (TPSA) is 84.0 Å². The van der Waals surface area contributed by atoms with Gasteiger partial charge in [0.2, 0.25) is 0 Å². The molecule has 1 aromatic rings. The highest BCUT2D eigenvalue weighted by atomic mass is 16.2. The molecule has 0 bridgehead atoms. The molecule has 0 radical (unpaired) electrons. The van der Waals surface area contributed by atoms with Crippen LogP contribution in [-0.2, 0) is 6.54 Å². The van der Waals surface area contributed by atoms with Crippen LogP contribution in [0.5, 0.6) is 0 Å². The highest BCUT2D eigenvalue weighted by Gasteiger charge is 2.32. The molecule has 0 aliphatic carbocycles. The van der Waals surface area contributed by atoms with Gasteiger partial charge in [0.05, 0.1) is 6.04 Å². The average molecular weight is 223 g/mol. The van der Waals surface area contributed by atoms with Gasteiger partial charge in [-0.05, 0) is 13.3 Å². The summed E-state index contributed by atoms with van der Waals surface area (Å²) in [5.41, 5.74) is -1.00. The van der Waals surface area contributed by atoms with Crippen molar-refractivity contribution in [3.05, 3.63) is 26.4 Å². The fraction of sp³-hybridized carbons (Fsp3) is 0.500. The molecule has 2 N–H and O–H groups in total. The first kappa shape index (κ1) is 10.7. The van der Waals surface area contributed by atoms with E-state index in [0.717, 1.165) is 6.42 Å². The minimum Gasteiger partial charge on any atom is -0.361 e. The molecule has 16 heavy (non-hydrogen) atoms. The third-order valence-electron chi connectivity index (χ3n) is 2.64. The standard InChI is InChI=1S/C10H13N3O3/c1-3-4-13-8-6(7(14)5(2)11-8)9(15)12-10(13)16/h5,11H,3-4H2,1-2H3,(H,12,15,16)/t5-/m0/s1. The number of aromatic amines is 1. The number of nitrogens with one attached hydrogen (secondary N) is 2. The summed E-state index contributed by atoms with van der Waals surface area (Å²) >= 11 is 0. The Balaban J connectivity index is 2.73. The molecular formula is C10H13N3O3. The van der Waals surface area contributed by atoms with Gasteiger partial charge in [0, 0.05) is 6.54 Å². The largest absolute Gasteiger partial charge is 0.361 e. The van der Waals surface area contributed by atoms with E-state index in [9.17, 15) is 14.4 Å². The molecule has 1 aliphatic rings. The second-order valence-electron chi connectivity index (χ2n) is 3.86. The zero-order valence-electron chi connectivity index (χ0n) is 9.16. The summed E-state index contributed by atoms with van der Waals surface area (Å²) < 4.78 is 1.40. The van der Waals surface area contributed by atoms with Crippen molar-refractivity contribution in [1.29, 1.82) is 0 Å². The molecule has 0 spiro atoms. The monoisotopic (exact) mass is 223 g/mol. The molecule has 6 nitrogen and oxygen atoms in total. The Kier molecular flexibility index (Phi) is 2.41. The highest BCUT2D eigenvalue weighted by molar-refractivity contribution is 6.08. The SMILES string of the molecule is CCCn1c2c(c(=O)[nH]c1=O)C(=O)[C@H](C)N2. The lowest BCUT2D eigenvalue weighted by molar-refractivity contribution is 0.0983. The maximum atomic E-state index is 11.7. The number of hydrogen-bond acceptors (Lipinski definition) is 4. The number of H-pyrrole nitrogens is 1. The first-order valence-electron chi connectivity index (χ1n) is 5.24. The van der Waals surface area contributed by atoms with Crippen LogP contribution in [0.2, 0.25) is 0 Å². The van der Waals surface area contributed by atoms with Crippen LogP contribution in [0.15, 0.2) is 9.59 Å². The van der Waals surface area contributed by atoms with Gasteiger partial charge in [0.1, 0.15) is 11.4 Å². The Morgan fingerprint density at radius 3 is 2.62 bits per heavy atom. The molecule has 86 valence electrons. The predicted octanol–water partition coefficient (Wildman–Crippen LogP) is -0.0567. The molecule has 1 aromatic heterocycles. The summed E-state index contributed by atoms with van der Waals surface area (Å²) in [6.07, 6.45) is 0.753. The zero-order chi connectivity index (χ0) is 11.9. The number of hydrogen-bond donors (Lipinski definition) is 2. The molecule has 0 saturated carbocycles. The lowest BCUT2D eigenvalue weighted by Gasteiger charge is -2.09. The van der Waals surface area contributed by atoms with Crippen molar-refractivity contribution in [2.45, 2.75) is 32.9 Å². The smallest absolute Gasteiger partial charge is 0.329 e. The van der Waals surface area contributed by atoms with E-state index in [1.165, 1.54) is 4.57 Å². The Morgan fingerprint density at radius 1 is 1.31 bits per heavy atom. The summed E-state index contributed by atoms with van der Waals surface area (Å²) in [6.45, 7) is 4.07.